The number of halogens is 3. The van der Waals surface area contributed by atoms with Crippen molar-refractivity contribution in [1.82, 2.24) is 9.29 Å². The van der Waals surface area contributed by atoms with E-state index in [-0.39, 0.29) is 35.9 Å². The van der Waals surface area contributed by atoms with Crippen LogP contribution in [0.2, 0.25) is 0 Å². The predicted octanol–water partition coefficient (Wildman–Crippen LogP) is 2.73. The Kier molecular flexibility index (Phi) is 7.65. The molecule has 3 rings (SSSR count). The molecular formula is C24H25F3N4O3S. The highest BCUT2D eigenvalue weighted by molar-refractivity contribution is 7.89. The fraction of sp³-hybridized carbons (Fsp3) is 0.375. The molecule has 0 amide bonds. The maximum atomic E-state index is 13.6. The monoisotopic (exact) mass is 506 g/mol. The van der Waals surface area contributed by atoms with Crippen molar-refractivity contribution in [2.24, 2.45) is 0 Å². The van der Waals surface area contributed by atoms with E-state index in [1.807, 2.05) is 4.90 Å². The molecular weight excluding hydrogens is 481 g/mol. The summed E-state index contributed by atoms with van der Waals surface area (Å²) in [7, 11) is -3.84. The van der Waals surface area contributed by atoms with Crippen molar-refractivity contribution in [2.45, 2.75) is 43.0 Å². The Hall–Kier alpha value is -3.25. The molecule has 186 valence electrons. The first kappa shape index (κ1) is 26.4. The lowest BCUT2D eigenvalue weighted by molar-refractivity contribution is -0.264. The number of alkyl halides is 3. The van der Waals surface area contributed by atoms with E-state index in [0.717, 1.165) is 0 Å². The van der Waals surface area contributed by atoms with Gasteiger partial charge in [0.2, 0.25) is 10.0 Å². The molecule has 0 spiro atoms. The quantitative estimate of drug-likeness (QED) is 0.605. The average Bonchev–Trinajstić information content (AvgIpc) is 2.82. The molecule has 0 radical (unpaired) electrons. The molecule has 3 N–H and O–H groups in total. The zero-order chi connectivity index (χ0) is 25.9. The fourth-order valence-corrected chi connectivity index (χ4v) is 5.16. The highest BCUT2D eigenvalue weighted by Gasteiger charge is 2.54. The molecule has 7 nitrogen and oxygen atoms in total. The first-order chi connectivity index (χ1) is 16.4. The summed E-state index contributed by atoms with van der Waals surface area (Å²) in [5.74, 6) is 10.7. The molecule has 1 aliphatic rings. The van der Waals surface area contributed by atoms with E-state index in [2.05, 4.69) is 28.7 Å². The molecule has 2 aromatic rings. The number of nitrogens with zero attached hydrogens (tertiary/aromatic N) is 3. The van der Waals surface area contributed by atoms with Crippen molar-refractivity contribution in [3.8, 4) is 23.7 Å². The van der Waals surface area contributed by atoms with Crippen molar-refractivity contribution in [3.63, 3.8) is 0 Å². The number of nitrogen functional groups attached to an aromatic ring is 1. The van der Waals surface area contributed by atoms with Crippen LogP contribution in [-0.4, -0.2) is 54.7 Å². The Bertz CT molecular complexity index is 1270. The highest BCUT2D eigenvalue weighted by atomic mass is 32.2. The number of piperazine rings is 1. The van der Waals surface area contributed by atoms with Gasteiger partial charge < -0.3 is 15.7 Å². The van der Waals surface area contributed by atoms with Crippen LogP contribution in [0.5, 0.6) is 0 Å². The second kappa shape index (κ2) is 10.2. The second-order valence-corrected chi connectivity index (χ2v) is 9.83. The third kappa shape index (κ3) is 5.38. The number of anilines is 2. The van der Waals surface area contributed by atoms with Crippen molar-refractivity contribution in [1.29, 1.82) is 0 Å². The van der Waals surface area contributed by atoms with E-state index in [1.54, 1.807) is 6.92 Å². The summed E-state index contributed by atoms with van der Waals surface area (Å²) in [6.45, 7) is 3.46. The van der Waals surface area contributed by atoms with Gasteiger partial charge in [-0.25, -0.2) is 13.4 Å². The molecule has 0 saturated carbocycles. The van der Waals surface area contributed by atoms with Gasteiger partial charge >= 0.3 is 6.18 Å². The van der Waals surface area contributed by atoms with Gasteiger partial charge in [0.25, 0.3) is 0 Å². The standard InChI is InChI=1S/C24H25F3N4O3S/c1-3-5-13-23(32,24(25,26)27)18-7-9-19(10-8-18)31-15-14-30(17-20(31)6-4-2)35(33,34)21-11-12-22(28)29-16-21/h7-12,16,20,32H,13-15,17H2,1-2H3,(H2,28,29)/t20-,23+/m0/s1. The van der Waals surface area contributed by atoms with E-state index >= 15 is 0 Å². The summed E-state index contributed by atoms with van der Waals surface area (Å²) in [6.07, 6.45) is -4.50. The van der Waals surface area contributed by atoms with Crippen molar-refractivity contribution >= 4 is 21.5 Å². The zero-order valence-electron chi connectivity index (χ0n) is 19.2. The minimum atomic E-state index is -4.91. The normalized spacial score (nSPS) is 18.6. The third-order valence-electron chi connectivity index (χ3n) is 5.72. The Morgan fingerprint density at radius 3 is 2.34 bits per heavy atom. The summed E-state index contributed by atoms with van der Waals surface area (Å²) < 4.78 is 68.3. The van der Waals surface area contributed by atoms with Gasteiger partial charge in [0.15, 0.2) is 5.60 Å². The maximum Gasteiger partial charge on any atom is 0.422 e. The van der Waals surface area contributed by atoms with Crippen molar-refractivity contribution in [2.75, 3.05) is 30.3 Å². The summed E-state index contributed by atoms with van der Waals surface area (Å²) in [6, 6.07) is 7.59. The second-order valence-electron chi connectivity index (χ2n) is 7.89. The minimum absolute atomic E-state index is 0.00863. The number of aromatic nitrogens is 1. The largest absolute Gasteiger partial charge is 0.422 e. The van der Waals surface area contributed by atoms with Gasteiger partial charge in [0, 0.05) is 31.5 Å². The molecule has 35 heavy (non-hydrogen) atoms. The van der Waals surface area contributed by atoms with Gasteiger partial charge in [-0.05, 0) is 43.7 Å². The lowest BCUT2D eigenvalue weighted by Gasteiger charge is -2.40. The first-order valence-electron chi connectivity index (χ1n) is 10.6. The van der Waals surface area contributed by atoms with Crippen LogP contribution in [-0.2, 0) is 15.6 Å². The Labute approximate surface area is 202 Å². The van der Waals surface area contributed by atoms with Crippen LogP contribution >= 0.6 is 0 Å². The van der Waals surface area contributed by atoms with Gasteiger partial charge in [-0.15, -0.1) is 11.8 Å². The number of hydrogen-bond donors (Lipinski definition) is 2. The van der Waals surface area contributed by atoms with Crippen molar-refractivity contribution < 1.29 is 26.7 Å². The SMILES string of the molecule is CC#CC[C@@](O)(c1ccc(N2CCN(S(=O)(=O)c3ccc(N)nc3)C[C@@H]2C#CC)cc1)C(F)(F)F. The summed E-state index contributed by atoms with van der Waals surface area (Å²) >= 11 is 0. The van der Waals surface area contributed by atoms with E-state index in [1.165, 1.54) is 53.8 Å². The molecule has 1 aromatic carbocycles. The van der Waals surface area contributed by atoms with Crippen LogP contribution in [0.4, 0.5) is 24.7 Å². The number of sulfonamides is 1. The van der Waals surface area contributed by atoms with Crippen LogP contribution in [0.3, 0.4) is 0 Å². The minimum Gasteiger partial charge on any atom is -0.384 e. The number of rotatable bonds is 5. The number of nitrogens with two attached hydrogens (primary N) is 1. The molecule has 11 heteroatoms. The van der Waals surface area contributed by atoms with Gasteiger partial charge in [0.1, 0.15) is 16.8 Å². The van der Waals surface area contributed by atoms with Crippen LogP contribution in [0, 0.1) is 23.7 Å². The first-order valence-corrected chi connectivity index (χ1v) is 12.1. The lowest BCUT2D eigenvalue weighted by atomic mass is 9.89. The molecule has 0 unspecified atom stereocenters. The Morgan fingerprint density at radius 2 is 1.80 bits per heavy atom. The van der Waals surface area contributed by atoms with Crippen LogP contribution < -0.4 is 10.6 Å². The molecule has 2 atom stereocenters. The molecule has 2 heterocycles. The van der Waals surface area contributed by atoms with Gasteiger partial charge in [-0.3, -0.25) is 0 Å². The number of aliphatic hydroxyl groups is 1. The molecule has 1 aromatic heterocycles. The summed E-state index contributed by atoms with van der Waals surface area (Å²) in [5, 5.41) is 10.4. The average molecular weight is 507 g/mol. The summed E-state index contributed by atoms with van der Waals surface area (Å²) in [4.78, 5) is 5.68. The third-order valence-corrected chi connectivity index (χ3v) is 7.57. The fourth-order valence-electron chi connectivity index (χ4n) is 3.78. The molecule has 1 saturated heterocycles. The Balaban J connectivity index is 1.87. The van der Waals surface area contributed by atoms with Crippen LogP contribution in [0.25, 0.3) is 0 Å². The smallest absolute Gasteiger partial charge is 0.384 e. The number of benzene rings is 1. The van der Waals surface area contributed by atoms with E-state index in [4.69, 9.17) is 5.73 Å². The number of pyridine rings is 1. The topological polar surface area (TPSA) is 99.8 Å². The van der Waals surface area contributed by atoms with Crippen LogP contribution in [0.1, 0.15) is 25.8 Å². The Morgan fingerprint density at radius 1 is 1.11 bits per heavy atom. The van der Waals surface area contributed by atoms with Crippen molar-refractivity contribution in [3.05, 3.63) is 48.2 Å². The summed E-state index contributed by atoms with van der Waals surface area (Å²) in [5.41, 5.74) is 2.68. The lowest BCUT2D eigenvalue weighted by Crippen LogP contribution is -2.54. The zero-order valence-corrected chi connectivity index (χ0v) is 20.0. The molecule has 1 fully saturated rings. The molecule has 0 bridgehead atoms. The van der Waals surface area contributed by atoms with Gasteiger partial charge in [-0.1, -0.05) is 24.0 Å². The van der Waals surface area contributed by atoms with Gasteiger partial charge in [-0.2, -0.15) is 17.5 Å². The molecule has 0 aliphatic carbocycles. The number of hydrogen-bond acceptors (Lipinski definition) is 6. The van der Waals surface area contributed by atoms with E-state index in [0.29, 0.717) is 5.69 Å². The highest BCUT2D eigenvalue weighted by Crippen LogP contribution is 2.42. The molecule has 1 aliphatic heterocycles. The maximum absolute atomic E-state index is 13.6. The van der Waals surface area contributed by atoms with Gasteiger partial charge in [0.05, 0.1) is 6.42 Å². The van der Waals surface area contributed by atoms with E-state index in [9.17, 15) is 26.7 Å². The van der Waals surface area contributed by atoms with E-state index < -0.39 is 34.3 Å². The van der Waals surface area contributed by atoms with Crippen LogP contribution in [0.15, 0.2) is 47.5 Å². The predicted molar refractivity (Wildman–Crippen MR) is 126 cm³/mol.